The predicted molar refractivity (Wildman–Crippen MR) is 42.7 cm³/mol. The fourth-order valence-electron chi connectivity index (χ4n) is 0.918. The molecule has 1 saturated heterocycles. The highest BCUT2D eigenvalue weighted by Crippen LogP contribution is 1.99. The molecule has 0 spiro atoms. The number of likely N-dealkylation sites (N-methyl/N-ethyl adjacent to an activating group) is 1. The Hall–Kier alpha value is -0.520. The number of hydrogen-bond acceptors (Lipinski definition) is 2. The minimum atomic E-state index is 0.723. The van der Waals surface area contributed by atoms with Crippen LogP contribution in [-0.4, -0.2) is 37.6 Å². The Morgan fingerprint density at radius 1 is 1.60 bits per heavy atom. The maximum atomic E-state index is 3.23. The zero-order chi connectivity index (χ0) is 7.40. The Balaban J connectivity index is 2.17. The van der Waals surface area contributed by atoms with E-state index >= 15 is 0 Å². The van der Waals surface area contributed by atoms with Gasteiger partial charge < -0.3 is 5.32 Å². The van der Waals surface area contributed by atoms with Crippen molar-refractivity contribution in [2.24, 2.45) is 0 Å². The van der Waals surface area contributed by atoms with Crippen LogP contribution in [0.5, 0.6) is 0 Å². The first-order valence-corrected chi connectivity index (χ1v) is 3.65. The van der Waals surface area contributed by atoms with Gasteiger partial charge in [0.15, 0.2) is 0 Å². The highest BCUT2D eigenvalue weighted by Gasteiger charge is 2.19. The highest BCUT2D eigenvalue weighted by atomic mass is 15.2. The van der Waals surface area contributed by atoms with Gasteiger partial charge in [-0.25, -0.2) is 0 Å². The molecule has 0 aromatic rings. The molecule has 0 aromatic carbocycles. The molecule has 2 nitrogen and oxygen atoms in total. The lowest BCUT2D eigenvalue weighted by Crippen LogP contribution is -2.55. The zero-order valence-corrected chi connectivity index (χ0v) is 6.65. The van der Waals surface area contributed by atoms with E-state index in [1.807, 2.05) is 6.92 Å². The van der Waals surface area contributed by atoms with Crippen LogP contribution in [0.4, 0.5) is 0 Å². The van der Waals surface area contributed by atoms with E-state index in [9.17, 15) is 0 Å². The van der Waals surface area contributed by atoms with E-state index in [0.717, 1.165) is 25.7 Å². The number of nitrogens with one attached hydrogen (secondary N) is 1. The summed E-state index contributed by atoms with van der Waals surface area (Å²) in [4.78, 5) is 2.28. The smallest absolute Gasteiger partial charge is 0.0602 e. The largest absolute Gasteiger partial charge is 0.314 e. The minimum Gasteiger partial charge on any atom is -0.314 e. The van der Waals surface area contributed by atoms with Gasteiger partial charge in [-0.05, 0) is 14.0 Å². The van der Waals surface area contributed by atoms with Crippen LogP contribution in [0, 0.1) is 11.8 Å². The van der Waals surface area contributed by atoms with E-state index in [0.29, 0.717) is 0 Å². The van der Waals surface area contributed by atoms with Gasteiger partial charge in [0.05, 0.1) is 6.54 Å². The molecular formula is C8H14N2. The lowest BCUT2D eigenvalue weighted by molar-refractivity contribution is 0.200. The number of rotatable bonds is 2. The van der Waals surface area contributed by atoms with Gasteiger partial charge in [-0.15, -0.1) is 5.92 Å². The number of nitrogens with zero attached hydrogens (tertiary/aromatic N) is 1. The van der Waals surface area contributed by atoms with Crippen LogP contribution in [0.2, 0.25) is 0 Å². The first kappa shape index (κ1) is 7.59. The molecule has 0 radical (unpaired) electrons. The summed E-state index contributed by atoms with van der Waals surface area (Å²) in [6.07, 6.45) is 0. The van der Waals surface area contributed by atoms with Gasteiger partial charge in [-0.3, -0.25) is 4.90 Å². The second-order valence-electron chi connectivity index (χ2n) is 2.65. The van der Waals surface area contributed by atoms with E-state index in [4.69, 9.17) is 0 Å². The molecule has 2 heteroatoms. The summed E-state index contributed by atoms with van der Waals surface area (Å²) in [5.74, 6) is 5.93. The van der Waals surface area contributed by atoms with Crippen molar-refractivity contribution in [1.29, 1.82) is 0 Å². The first-order valence-electron chi connectivity index (χ1n) is 3.65. The Morgan fingerprint density at radius 2 is 2.30 bits per heavy atom. The predicted octanol–water partition coefficient (Wildman–Crippen LogP) is -0.0867. The van der Waals surface area contributed by atoms with Crippen LogP contribution in [0.25, 0.3) is 0 Å². The van der Waals surface area contributed by atoms with Gasteiger partial charge >= 0.3 is 0 Å². The lowest BCUT2D eigenvalue weighted by Gasteiger charge is -2.34. The van der Waals surface area contributed by atoms with Crippen molar-refractivity contribution in [2.75, 3.05) is 26.7 Å². The molecular weight excluding hydrogens is 124 g/mol. The van der Waals surface area contributed by atoms with Gasteiger partial charge in [-0.2, -0.15) is 0 Å². The molecule has 56 valence electrons. The maximum absolute atomic E-state index is 3.23. The first-order chi connectivity index (χ1) is 4.84. The second-order valence-corrected chi connectivity index (χ2v) is 2.65. The summed E-state index contributed by atoms with van der Waals surface area (Å²) >= 11 is 0. The van der Waals surface area contributed by atoms with Crippen LogP contribution in [-0.2, 0) is 0 Å². The minimum absolute atomic E-state index is 0.723. The molecule has 0 bridgehead atoms. The van der Waals surface area contributed by atoms with E-state index < -0.39 is 0 Å². The van der Waals surface area contributed by atoms with Gasteiger partial charge in [-0.1, -0.05) is 5.92 Å². The van der Waals surface area contributed by atoms with Crippen molar-refractivity contribution in [2.45, 2.75) is 13.0 Å². The van der Waals surface area contributed by atoms with Gasteiger partial charge in [0, 0.05) is 19.1 Å². The second kappa shape index (κ2) is 3.60. The monoisotopic (exact) mass is 138 g/mol. The van der Waals surface area contributed by atoms with Crippen LogP contribution >= 0.6 is 0 Å². The molecule has 0 saturated carbocycles. The molecule has 0 atom stereocenters. The van der Waals surface area contributed by atoms with Crippen LogP contribution < -0.4 is 5.32 Å². The summed E-state index contributed by atoms with van der Waals surface area (Å²) in [5.41, 5.74) is 0. The summed E-state index contributed by atoms with van der Waals surface area (Å²) < 4.78 is 0. The van der Waals surface area contributed by atoms with E-state index in [1.165, 1.54) is 0 Å². The topological polar surface area (TPSA) is 15.3 Å². The number of hydrogen-bond donors (Lipinski definition) is 1. The average Bonchev–Trinajstić information content (AvgIpc) is 1.79. The Bertz CT molecular complexity index is 150. The molecule has 1 N–H and O–H groups in total. The van der Waals surface area contributed by atoms with Crippen LogP contribution in [0.1, 0.15) is 6.92 Å². The Morgan fingerprint density at radius 3 is 2.70 bits per heavy atom. The Kier molecular flexibility index (Phi) is 2.73. The standard InChI is InChI=1S/C8H14N2/c1-3-4-5-10(2)8-6-9-7-8/h8-9H,5-7H2,1-2H3. The molecule has 0 unspecified atom stereocenters. The van der Waals surface area contributed by atoms with E-state index in [-0.39, 0.29) is 0 Å². The third kappa shape index (κ3) is 1.73. The summed E-state index contributed by atoms with van der Waals surface area (Å²) in [7, 11) is 2.12. The van der Waals surface area contributed by atoms with Crippen molar-refractivity contribution in [3.8, 4) is 11.8 Å². The van der Waals surface area contributed by atoms with Gasteiger partial charge in [0.1, 0.15) is 0 Å². The highest BCUT2D eigenvalue weighted by molar-refractivity contribution is 4.99. The summed E-state index contributed by atoms with van der Waals surface area (Å²) in [6, 6.07) is 0.723. The fourth-order valence-corrected chi connectivity index (χ4v) is 0.918. The van der Waals surface area contributed by atoms with Crippen molar-refractivity contribution in [3.05, 3.63) is 0 Å². The molecule has 0 aliphatic carbocycles. The summed E-state index contributed by atoms with van der Waals surface area (Å²) in [6.45, 7) is 5.04. The SMILES string of the molecule is CC#CCN(C)C1CNC1. The van der Waals surface area contributed by atoms with Crippen molar-refractivity contribution in [3.63, 3.8) is 0 Å². The van der Waals surface area contributed by atoms with Crippen LogP contribution in [0.15, 0.2) is 0 Å². The van der Waals surface area contributed by atoms with Crippen molar-refractivity contribution >= 4 is 0 Å². The molecule has 0 aromatic heterocycles. The van der Waals surface area contributed by atoms with Crippen LogP contribution in [0.3, 0.4) is 0 Å². The Labute approximate surface area is 62.6 Å². The lowest BCUT2D eigenvalue weighted by atomic mass is 10.1. The van der Waals surface area contributed by atoms with Gasteiger partial charge in [0.25, 0.3) is 0 Å². The van der Waals surface area contributed by atoms with Crippen molar-refractivity contribution < 1.29 is 0 Å². The third-order valence-electron chi connectivity index (χ3n) is 1.89. The van der Waals surface area contributed by atoms with E-state index in [2.05, 4.69) is 29.1 Å². The average molecular weight is 138 g/mol. The van der Waals surface area contributed by atoms with E-state index in [1.54, 1.807) is 0 Å². The normalized spacial score (nSPS) is 17.9. The quantitative estimate of drug-likeness (QED) is 0.537. The zero-order valence-electron chi connectivity index (χ0n) is 6.65. The molecule has 10 heavy (non-hydrogen) atoms. The van der Waals surface area contributed by atoms with Crippen molar-refractivity contribution in [1.82, 2.24) is 10.2 Å². The molecule has 1 fully saturated rings. The third-order valence-corrected chi connectivity index (χ3v) is 1.89. The molecule has 1 aliphatic rings. The maximum Gasteiger partial charge on any atom is 0.0602 e. The molecule has 1 heterocycles. The molecule has 1 aliphatic heterocycles. The summed E-state index contributed by atoms with van der Waals surface area (Å²) in [5, 5.41) is 3.23. The van der Waals surface area contributed by atoms with Gasteiger partial charge in [0.2, 0.25) is 0 Å². The molecule has 1 rings (SSSR count). The fraction of sp³-hybridized carbons (Fsp3) is 0.750. The molecule has 0 amide bonds.